The highest BCUT2D eigenvalue weighted by Crippen LogP contribution is 2.25. The minimum absolute atomic E-state index is 0.316. The fraction of sp³-hybridized carbons (Fsp3) is 0.125. The molecule has 0 aliphatic rings. The normalized spacial score (nSPS) is 9.93. The Balaban J connectivity index is 2.90. The SMILES string of the molecule is NC(=O)COc1cc(Br)cc(F)c1F. The van der Waals surface area contributed by atoms with Crippen molar-refractivity contribution < 1.29 is 18.3 Å². The number of benzene rings is 1. The number of hydrogen-bond donors (Lipinski definition) is 1. The fourth-order valence-corrected chi connectivity index (χ4v) is 1.20. The van der Waals surface area contributed by atoms with Gasteiger partial charge < -0.3 is 10.5 Å². The summed E-state index contributed by atoms with van der Waals surface area (Å²) in [5.74, 6) is -3.31. The summed E-state index contributed by atoms with van der Waals surface area (Å²) in [7, 11) is 0. The van der Waals surface area contributed by atoms with E-state index in [9.17, 15) is 13.6 Å². The lowest BCUT2D eigenvalue weighted by atomic mass is 10.3. The molecule has 3 nitrogen and oxygen atoms in total. The Hall–Kier alpha value is -1.17. The summed E-state index contributed by atoms with van der Waals surface area (Å²) in [4.78, 5) is 10.3. The van der Waals surface area contributed by atoms with E-state index >= 15 is 0 Å². The minimum atomic E-state index is -1.14. The zero-order valence-electron chi connectivity index (χ0n) is 6.89. The molecule has 0 saturated heterocycles. The quantitative estimate of drug-likeness (QED) is 0.844. The monoisotopic (exact) mass is 265 g/mol. The fourth-order valence-electron chi connectivity index (χ4n) is 0.786. The molecule has 0 aliphatic carbocycles. The maximum Gasteiger partial charge on any atom is 0.255 e. The second-order valence-electron chi connectivity index (χ2n) is 2.45. The molecule has 0 fully saturated rings. The van der Waals surface area contributed by atoms with E-state index in [-0.39, 0.29) is 5.75 Å². The highest BCUT2D eigenvalue weighted by molar-refractivity contribution is 9.10. The van der Waals surface area contributed by atoms with Crippen LogP contribution in [0.4, 0.5) is 8.78 Å². The average molecular weight is 266 g/mol. The lowest BCUT2D eigenvalue weighted by Gasteiger charge is -2.05. The summed E-state index contributed by atoms with van der Waals surface area (Å²) < 4.78 is 30.7. The van der Waals surface area contributed by atoms with Crippen LogP contribution in [-0.2, 0) is 4.79 Å². The van der Waals surface area contributed by atoms with E-state index in [2.05, 4.69) is 20.7 Å². The van der Waals surface area contributed by atoms with E-state index in [1.807, 2.05) is 0 Å². The summed E-state index contributed by atoms with van der Waals surface area (Å²) in [6.45, 7) is -0.493. The van der Waals surface area contributed by atoms with Crippen molar-refractivity contribution in [3.05, 3.63) is 28.2 Å². The number of nitrogens with two attached hydrogens (primary N) is 1. The van der Waals surface area contributed by atoms with Crippen LogP contribution in [-0.4, -0.2) is 12.5 Å². The van der Waals surface area contributed by atoms with Crippen molar-refractivity contribution in [2.24, 2.45) is 5.73 Å². The molecule has 14 heavy (non-hydrogen) atoms. The predicted molar refractivity (Wildman–Crippen MR) is 48.7 cm³/mol. The van der Waals surface area contributed by atoms with E-state index in [0.29, 0.717) is 4.47 Å². The molecule has 0 heterocycles. The summed E-state index contributed by atoms with van der Waals surface area (Å²) >= 11 is 2.95. The highest BCUT2D eigenvalue weighted by Gasteiger charge is 2.11. The molecule has 6 heteroatoms. The highest BCUT2D eigenvalue weighted by atomic mass is 79.9. The van der Waals surface area contributed by atoms with Crippen molar-refractivity contribution in [3.63, 3.8) is 0 Å². The number of amides is 1. The van der Waals surface area contributed by atoms with Gasteiger partial charge in [0.25, 0.3) is 5.91 Å². The summed E-state index contributed by atoms with van der Waals surface area (Å²) in [6, 6.07) is 2.16. The van der Waals surface area contributed by atoms with E-state index < -0.39 is 24.1 Å². The lowest BCUT2D eigenvalue weighted by molar-refractivity contribution is -0.120. The third-order valence-electron chi connectivity index (χ3n) is 1.33. The van der Waals surface area contributed by atoms with Gasteiger partial charge in [-0.25, -0.2) is 4.39 Å². The van der Waals surface area contributed by atoms with Crippen LogP contribution in [0.25, 0.3) is 0 Å². The van der Waals surface area contributed by atoms with Crippen molar-refractivity contribution in [1.29, 1.82) is 0 Å². The zero-order valence-corrected chi connectivity index (χ0v) is 8.48. The molecule has 0 spiro atoms. The lowest BCUT2D eigenvalue weighted by Crippen LogP contribution is -2.20. The summed E-state index contributed by atoms with van der Waals surface area (Å²) in [6.07, 6.45) is 0. The molecule has 0 saturated carbocycles. The van der Waals surface area contributed by atoms with Gasteiger partial charge in [0.05, 0.1) is 0 Å². The maximum absolute atomic E-state index is 13.0. The number of carbonyl (C=O) groups is 1. The van der Waals surface area contributed by atoms with Gasteiger partial charge in [-0.15, -0.1) is 0 Å². The van der Waals surface area contributed by atoms with Gasteiger partial charge in [0, 0.05) is 4.47 Å². The molecular formula is C8H6BrF2NO2. The predicted octanol–water partition coefficient (Wildman–Crippen LogP) is 1.59. The van der Waals surface area contributed by atoms with Crippen LogP contribution in [0.5, 0.6) is 5.75 Å². The van der Waals surface area contributed by atoms with Gasteiger partial charge in [0.15, 0.2) is 18.2 Å². The first-order chi connectivity index (χ1) is 6.50. The van der Waals surface area contributed by atoms with Crippen LogP contribution < -0.4 is 10.5 Å². The van der Waals surface area contributed by atoms with Gasteiger partial charge in [-0.05, 0) is 12.1 Å². The minimum Gasteiger partial charge on any atom is -0.481 e. The van der Waals surface area contributed by atoms with Crippen LogP contribution in [0.2, 0.25) is 0 Å². The van der Waals surface area contributed by atoms with Gasteiger partial charge >= 0.3 is 0 Å². The second kappa shape index (κ2) is 4.36. The third-order valence-corrected chi connectivity index (χ3v) is 1.79. The Kier molecular flexibility index (Phi) is 3.40. The Labute approximate surface area is 87.0 Å². The van der Waals surface area contributed by atoms with Crippen molar-refractivity contribution >= 4 is 21.8 Å². The van der Waals surface area contributed by atoms with Crippen LogP contribution in [0.15, 0.2) is 16.6 Å². The molecule has 0 unspecified atom stereocenters. The summed E-state index contributed by atoms with van der Waals surface area (Å²) in [5.41, 5.74) is 4.77. The van der Waals surface area contributed by atoms with Crippen molar-refractivity contribution in [2.45, 2.75) is 0 Å². The Morgan fingerprint density at radius 3 is 2.71 bits per heavy atom. The van der Waals surface area contributed by atoms with Crippen molar-refractivity contribution in [2.75, 3.05) is 6.61 Å². The number of carbonyl (C=O) groups excluding carboxylic acids is 1. The zero-order chi connectivity index (χ0) is 10.7. The smallest absolute Gasteiger partial charge is 0.255 e. The first-order valence-corrected chi connectivity index (χ1v) is 4.35. The van der Waals surface area contributed by atoms with E-state index in [1.165, 1.54) is 6.07 Å². The molecule has 76 valence electrons. The Morgan fingerprint density at radius 1 is 1.50 bits per heavy atom. The van der Waals surface area contributed by atoms with E-state index in [4.69, 9.17) is 5.73 Å². The second-order valence-corrected chi connectivity index (χ2v) is 3.37. The first-order valence-electron chi connectivity index (χ1n) is 3.56. The first kappa shape index (κ1) is 10.9. The Bertz CT molecular complexity index is 371. The van der Waals surface area contributed by atoms with Gasteiger partial charge in [0.2, 0.25) is 5.82 Å². The topological polar surface area (TPSA) is 52.3 Å². The Morgan fingerprint density at radius 2 is 2.14 bits per heavy atom. The molecule has 0 radical (unpaired) electrons. The molecule has 1 aromatic rings. The average Bonchev–Trinajstić information content (AvgIpc) is 2.08. The maximum atomic E-state index is 13.0. The van der Waals surface area contributed by atoms with Crippen LogP contribution in [0.1, 0.15) is 0 Å². The molecule has 0 aromatic heterocycles. The standard InChI is InChI=1S/C8H6BrF2NO2/c9-4-1-5(10)8(11)6(2-4)14-3-7(12)13/h1-2H,3H2,(H2,12,13). The van der Waals surface area contributed by atoms with E-state index in [1.54, 1.807) is 0 Å². The molecule has 0 aliphatic heterocycles. The number of primary amides is 1. The molecule has 0 atom stereocenters. The molecule has 1 rings (SSSR count). The molecule has 1 aromatic carbocycles. The molecule has 2 N–H and O–H groups in total. The molecule has 0 bridgehead atoms. The van der Waals surface area contributed by atoms with Crippen LogP contribution in [0, 0.1) is 11.6 Å². The largest absolute Gasteiger partial charge is 0.481 e. The van der Waals surface area contributed by atoms with Crippen LogP contribution in [0.3, 0.4) is 0 Å². The number of hydrogen-bond acceptors (Lipinski definition) is 2. The van der Waals surface area contributed by atoms with E-state index in [0.717, 1.165) is 6.07 Å². The van der Waals surface area contributed by atoms with Crippen molar-refractivity contribution in [3.8, 4) is 5.75 Å². The number of halogens is 3. The summed E-state index contributed by atoms with van der Waals surface area (Å²) in [5, 5.41) is 0. The van der Waals surface area contributed by atoms with Gasteiger partial charge in [-0.1, -0.05) is 15.9 Å². The van der Waals surface area contributed by atoms with Gasteiger partial charge in [-0.3, -0.25) is 4.79 Å². The number of ether oxygens (including phenoxy) is 1. The number of rotatable bonds is 3. The van der Waals surface area contributed by atoms with Crippen molar-refractivity contribution in [1.82, 2.24) is 0 Å². The van der Waals surface area contributed by atoms with Crippen LogP contribution >= 0.6 is 15.9 Å². The third kappa shape index (κ3) is 2.66. The molecule has 1 amide bonds. The van der Waals surface area contributed by atoms with Gasteiger partial charge in [0.1, 0.15) is 0 Å². The molecular weight excluding hydrogens is 260 g/mol. The van der Waals surface area contributed by atoms with Gasteiger partial charge in [-0.2, -0.15) is 4.39 Å².